The van der Waals surface area contributed by atoms with E-state index >= 15 is 0 Å². The number of hydrogen-bond acceptors (Lipinski definition) is 4. The minimum Gasteiger partial charge on any atom is -0.361 e. The van der Waals surface area contributed by atoms with Crippen LogP contribution in [-0.2, 0) is 6.18 Å². The number of nitrogens with zero attached hydrogens (tertiary/aromatic N) is 4. The maximum atomic E-state index is 14.0. The lowest BCUT2D eigenvalue weighted by atomic mass is 10.1. The molecule has 150 valence electrons. The minimum absolute atomic E-state index is 0.0678. The third kappa shape index (κ3) is 3.30. The Morgan fingerprint density at radius 1 is 1.17 bits per heavy atom. The van der Waals surface area contributed by atoms with Crippen LogP contribution in [0, 0.1) is 17.4 Å². The summed E-state index contributed by atoms with van der Waals surface area (Å²) in [5.41, 5.74) is 2.55. The Morgan fingerprint density at radius 2 is 1.93 bits per heavy atom. The highest BCUT2D eigenvalue weighted by molar-refractivity contribution is 14.1. The predicted octanol–water partition coefficient (Wildman–Crippen LogP) is 5.94. The van der Waals surface area contributed by atoms with Crippen LogP contribution >= 0.6 is 22.6 Å². The summed E-state index contributed by atoms with van der Waals surface area (Å²) >= 11 is 1.72. The fourth-order valence-corrected chi connectivity index (χ4v) is 4.58. The molecule has 5 nitrogen and oxygen atoms in total. The molecule has 0 N–H and O–H groups in total. The Kier molecular flexibility index (Phi) is 4.88. The monoisotopic (exact) mass is 512 g/mol. The molecule has 4 aromatic rings. The lowest BCUT2D eigenvalue weighted by Crippen LogP contribution is -2.19. The number of aromatic nitrogens is 4. The zero-order valence-corrected chi connectivity index (χ0v) is 17.9. The highest BCUT2D eigenvalue weighted by Crippen LogP contribution is 2.42. The van der Waals surface area contributed by atoms with Gasteiger partial charge >= 0.3 is 6.18 Å². The molecule has 0 aliphatic rings. The highest BCUT2D eigenvalue weighted by Gasteiger charge is 2.40. The van der Waals surface area contributed by atoms with Gasteiger partial charge in [0.15, 0.2) is 0 Å². The van der Waals surface area contributed by atoms with Crippen LogP contribution in [0.25, 0.3) is 22.2 Å². The Hall–Kier alpha value is -2.43. The van der Waals surface area contributed by atoms with E-state index in [9.17, 15) is 13.2 Å². The van der Waals surface area contributed by atoms with Gasteiger partial charge in [0.1, 0.15) is 17.0 Å². The van der Waals surface area contributed by atoms with Crippen LogP contribution in [0.4, 0.5) is 13.2 Å². The number of halogens is 4. The van der Waals surface area contributed by atoms with Crippen LogP contribution in [0.3, 0.4) is 0 Å². The van der Waals surface area contributed by atoms with Gasteiger partial charge in [0.05, 0.1) is 26.5 Å². The Balaban J connectivity index is 2.04. The fraction of sp³-hybridized carbons (Fsp3) is 0.250. The van der Waals surface area contributed by atoms with Crippen molar-refractivity contribution in [1.29, 1.82) is 0 Å². The number of pyridine rings is 2. The topological polar surface area (TPSA) is 56.7 Å². The highest BCUT2D eigenvalue weighted by atomic mass is 127. The molecule has 1 atom stereocenters. The number of rotatable bonds is 3. The van der Waals surface area contributed by atoms with Crippen LogP contribution in [-0.4, -0.2) is 19.7 Å². The third-order valence-corrected chi connectivity index (χ3v) is 5.90. The molecule has 0 fully saturated rings. The molecule has 0 spiro atoms. The van der Waals surface area contributed by atoms with E-state index in [-0.39, 0.29) is 3.57 Å². The molecule has 0 bridgehead atoms. The van der Waals surface area contributed by atoms with Crippen molar-refractivity contribution in [1.82, 2.24) is 19.7 Å². The van der Waals surface area contributed by atoms with E-state index in [1.54, 1.807) is 80.0 Å². The smallest absolute Gasteiger partial charge is 0.361 e. The second-order valence-corrected chi connectivity index (χ2v) is 7.83. The molecule has 9 heteroatoms. The van der Waals surface area contributed by atoms with Gasteiger partial charge in [-0.3, -0.25) is 9.97 Å². The van der Waals surface area contributed by atoms with Gasteiger partial charge in [-0.25, -0.2) is 0 Å². The van der Waals surface area contributed by atoms with Crippen LogP contribution < -0.4 is 0 Å². The summed E-state index contributed by atoms with van der Waals surface area (Å²) in [6.07, 6.45) is -1.40. The Bertz CT molecular complexity index is 1180. The SMILES string of the molecule is Cc1noc(C)c1-c1cnc2c(I)c(C(F)(F)F)n([C@@H](C)c3ccccn3)c2c1. The summed E-state index contributed by atoms with van der Waals surface area (Å²) < 4.78 is 48.6. The van der Waals surface area contributed by atoms with Gasteiger partial charge < -0.3 is 9.09 Å². The first kappa shape index (κ1) is 19.9. The van der Waals surface area contributed by atoms with Gasteiger partial charge in [-0.15, -0.1) is 0 Å². The zero-order valence-electron chi connectivity index (χ0n) is 15.8. The molecule has 0 radical (unpaired) electrons. The third-order valence-electron chi connectivity index (χ3n) is 4.88. The second kappa shape index (κ2) is 7.12. The molecule has 0 saturated carbocycles. The van der Waals surface area contributed by atoms with Gasteiger partial charge in [0.25, 0.3) is 0 Å². The van der Waals surface area contributed by atoms with Crippen LogP contribution in [0.2, 0.25) is 0 Å². The molecule has 29 heavy (non-hydrogen) atoms. The summed E-state index contributed by atoms with van der Waals surface area (Å²) in [4.78, 5) is 8.63. The molecule has 4 rings (SSSR count). The van der Waals surface area contributed by atoms with Gasteiger partial charge in [-0.05, 0) is 61.6 Å². The van der Waals surface area contributed by atoms with Gasteiger partial charge in [0.2, 0.25) is 0 Å². The lowest BCUT2D eigenvalue weighted by molar-refractivity contribution is -0.144. The first-order valence-corrected chi connectivity index (χ1v) is 9.88. The van der Waals surface area contributed by atoms with E-state index < -0.39 is 17.9 Å². The van der Waals surface area contributed by atoms with Crippen LogP contribution in [0.5, 0.6) is 0 Å². The van der Waals surface area contributed by atoms with Crippen LogP contribution in [0.15, 0.2) is 41.2 Å². The normalized spacial score (nSPS) is 13.2. The molecule has 0 unspecified atom stereocenters. The fourth-order valence-electron chi connectivity index (χ4n) is 3.59. The summed E-state index contributed by atoms with van der Waals surface area (Å²) in [5, 5.41) is 3.94. The van der Waals surface area contributed by atoms with Crippen molar-refractivity contribution < 1.29 is 17.7 Å². The second-order valence-electron chi connectivity index (χ2n) is 6.75. The standard InChI is InChI=1S/C20H16F3IN4O/c1-10-16(12(3)29-27-10)13-8-15-18(26-9-13)17(24)19(20(21,22)23)28(15)11(2)14-6-4-5-7-25-14/h4-9,11H,1-3H3/t11-/m0/s1. The van der Waals surface area contributed by atoms with Crippen molar-refractivity contribution in [3.8, 4) is 11.1 Å². The van der Waals surface area contributed by atoms with E-state index in [0.717, 1.165) is 5.56 Å². The number of hydrogen-bond donors (Lipinski definition) is 0. The van der Waals surface area contributed by atoms with Gasteiger partial charge in [-0.1, -0.05) is 11.2 Å². The summed E-state index contributed by atoms with van der Waals surface area (Å²) in [5.74, 6) is 0.588. The zero-order chi connectivity index (χ0) is 20.9. The average molecular weight is 512 g/mol. The quantitative estimate of drug-likeness (QED) is 0.319. The Labute approximate surface area is 178 Å². The molecule has 0 aliphatic heterocycles. The molecular formula is C20H16F3IN4O. The van der Waals surface area contributed by atoms with Gasteiger partial charge in [-0.2, -0.15) is 13.2 Å². The average Bonchev–Trinajstić information content (AvgIpc) is 3.17. The van der Waals surface area contributed by atoms with E-state index in [2.05, 4.69) is 15.1 Å². The minimum atomic E-state index is -4.54. The van der Waals surface area contributed by atoms with E-state index in [1.165, 1.54) is 4.57 Å². The molecule has 0 aromatic carbocycles. The van der Waals surface area contributed by atoms with Crippen molar-refractivity contribution in [3.05, 3.63) is 63.1 Å². The molecule has 0 aliphatic carbocycles. The summed E-state index contributed by atoms with van der Waals surface area (Å²) in [6, 6.07) is 6.28. The van der Waals surface area contributed by atoms with Crippen LogP contribution in [0.1, 0.15) is 35.8 Å². The summed E-state index contributed by atoms with van der Waals surface area (Å²) in [6.45, 7) is 5.26. The number of alkyl halides is 3. The molecule has 4 aromatic heterocycles. The van der Waals surface area contributed by atoms with Crippen molar-refractivity contribution in [3.63, 3.8) is 0 Å². The van der Waals surface area contributed by atoms with E-state index in [1.807, 2.05) is 0 Å². The largest absolute Gasteiger partial charge is 0.432 e. The maximum absolute atomic E-state index is 14.0. The maximum Gasteiger partial charge on any atom is 0.432 e. The van der Waals surface area contributed by atoms with E-state index in [0.29, 0.717) is 33.7 Å². The molecular weight excluding hydrogens is 496 g/mol. The van der Waals surface area contributed by atoms with E-state index in [4.69, 9.17) is 4.52 Å². The van der Waals surface area contributed by atoms with Crippen molar-refractivity contribution >= 4 is 33.6 Å². The number of fused-ring (bicyclic) bond motifs is 1. The molecule has 4 heterocycles. The van der Waals surface area contributed by atoms with Crippen molar-refractivity contribution in [2.45, 2.75) is 33.0 Å². The summed E-state index contributed by atoms with van der Waals surface area (Å²) in [7, 11) is 0. The van der Waals surface area contributed by atoms with Gasteiger partial charge in [0, 0.05) is 23.5 Å². The number of aryl methyl sites for hydroxylation is 2. The first-order chi connectivity index (χ1) is 13.7. The first-order valence-electron chi connectivity index (χ1n) is 8.81. The van der Waals surface area contributed by atoms with Crippen molar-refractivity contribution in [2.24, 2.45) is 0 Å². The predicted molar refractivity (Wildman–Crippen MR) is 110 cm³/mol. The Morgan fingerprint density at radius 3 is 2.52 bits per heavy atom. The molecule has 0 saturated heterocycles. The van der Waals surface area contributed by atoms with Crippen molar-refractivity contribution in [2.75, 3.05) is 0 Å². The lowest BCUT2D eigenvalue weighted by Gasteiger charge is -2.20. The molecule has 0 amide bonds.